The van der Waals surface area contributed by atoms with E-state index in [2.05, 4.69) is 5.32 Å². The van der Waals surface area contributed by atoms with E-state index >= 15 is 0 Å². The summed E-state index contributed by atoms with van der Waals surface area (Å²) in [6.45, 7) is 1.15. The van der Waals surface area contributed by atoms with Crippen LogP contribution >= 0.6 is 0 Å². The van der Waals surface area contributed by atoms with Crippen LogP contribution in [0.25, 0.3) is 0 Å². The smallest absolute Gasteiger partial charge is 0.255 e. The molecule has 3 amide bonds. The van der Waals surface area contributed by atoms with Crippen LogP contribution in [0, 0.1) is 0 Å². The summed E-state index contributed by atoms with van der Waals surface area (Å²) in [7, 11) is 0. The highest BCUT2D eigenvalue weighted by molar-refractivity contribution is 6.05. The number of nitrogens with one attached hydrogen (secondary N) is 1. The molecule has 7 heteroatoms. The van der Waals surface area contributed by atoms with E-state index < -0.39 is 11.9 Å². The maximum absolute atomic E-state index is 12.5. The Morgan fingerprint density at radius 2 is 2.14 bits per heavy atom. The lowest BCUT2D eigenvalue weighted by molar-refractivity contribution is -0.136. The number of fused-ring (bicyclic) bond motifs is 1. The van der Waals surface area contributed by atoms with Crippen molar-refractivity contribution < 1.29 is 19.1 Å². The molecule has 116 valence electrons. The number of rotatable bonds is 4. The minimum Gasteiger partial charge on any atom is -0.492 e. The minimum absolute atomic E-state index is 0.206. The van der Waals surface area contributed by atoms with Gasteiger partial charge in [-0.15, -0.1) is 0 Å². The first-order chi connectivity index (χ1) is 10.6. The van der Waals surface area contributed by atoms with Crippen LogP contribution in [0.2, 0.25) is 0 Å². The maximum atomic E-state index is 12.5. The first-order valence-electron chi connectivity index (χ1n) is 7.20. The van der Waals surface area contributed by atoms with Crippen LogP contribution in [0.5, 0.6) is 5.75 Å². The zero-order valence-electron chi connectivity index (χ0n) is 12.0. The molecule has 3 rings (SSSR count). The quantitative estimate of drug-likeness (QED) is 0.749. The van der Waals surface area contributed by atoms with Gasteiger partial charge in [-0.1, -0.05) is 6.07 Å². The summed E-state index contributed by atoms with van der Waals surface area (Å²) in [6, 6.07) is 4.70. The minimum atomic E-state index is -0.592. The second kappa shape index (κ2) is 5.76. The predicted octanol–water partition coefficient (Wildman–Crippen LogP) is -0.215. The van der Waals surface area contributed by atoms with Gasteiger partial charge in [0.2, 0.25) is 11.8 Å². The Balaban J connectivity index is 1.79. The Morgan fingerprint density at radius 1 is 1.32 bits per heavy atom. The summed E-state index contributed by atoms with van der Waals surface area (Å²) in [6.07, 6.45) is 0.613. The molecular weight excluding hydrogens is 286 g/mol. The summed E-state index contributed by atoms with van der Waals surface area (Å²) in [5.74, 6) is -0.315. The first kappa shape index (κ1) is 14.5. The molecular formula is C15H17N3O4. The zero-order chi connectivity index (χ0) is 15.7. The number of amides is 3. The fourth-order valence-electron chi connectivity index (χ4n) is 2.80. The molecule has 0 radical (unpaired) electrons. The molecule has 22 heavy (non-hydrogen) atoms. The lowest BCUT2D eigenvalue weighted by Gasteiger charge is -2.29. The van der Waals surface area contributed by atoms with Crippen molar-refractivity contribution in [1.82, 2.24) is 10.2 Å². The van der Waals surface area contributed by atoms with Gasteiger partial charge in [0.05, 0.1) is 0 Å². The van der Waals surface area contributed by atoms with Crippen molar-refractivity contribution in [2.75, 3.05) is 13.2 Å². The molecule has 2 aliphatic rings. The number of benzene rings is 1. The number of ether oxygens (including phenoxy) is 1. The van der Waals surface area contributed by atoms with Gasteiger partial charge >= 0.3 is 0 Å². The van der Waals surface area contributed by atoms with Gasteiger partial charge in [-0.25, -0.2) is 0 Å². The normalized spacial score (nSPS) is 20.9. The number of hydrogen-bond acceptors (Lipinski definition) is 5. The summed E-state index contributed by atoms with van der Waals surface area (Å²) in [5.41, 5.74) is 6.79. The van der Waals surface area contributed by atoms with E-state index in [9.17, 15) is 14.4 Å². The molecule has 1 fully saturated rings. The number of nitrogens with zero attached hydrogens (tertiary/aromatic N) is 1. The number of carbonyl (C=O) groups excluding carboxylic acids is 3. The molecule has 1 atom stereocenters. The Labute approximate surface area is 127 Å². The van der Waals surface area contributed by atoms with E-state index in [0.29, 0.717) is 37.4 Å². The zero-order valence-corrected chi connectivity index (χ0v) is 12.0. The molecule has 0 bridgehead atoms. The van der Waals surface area contributed by atoms with Crippen molar-refractivity contribution in [3.63, 3.8) is 0 Å². The fourth-order valence-corrected chi connectivity index (χ4v) is 2.80. The summed E-state index contributed by atoms with van der Waals surface area (Å²) in [5, 5.41) is 2.28. The molecule has 3 N–H and O–H groups in total. The van der Waals surface area contributed by atoms with E-state index in [1.54, 1.807) is 12.1 Å². The summed E-state index contributed by atoms with van der Waals surface area (Å²) in [4.78, 5) is 37.2. The van der Waals surface area contributed by atoms with Gasteiger partial charge in [0.1, 0.15) is 18.4 Å². The van der Waals surface area contributed by atoms with E-state index in [0.717, 1.165) is 5.56 Å². The van der Waals surface area contributed by atoms with Gasteiger partial charge in [0.15, 0.2) is 0 Å². The van der Waals surface area contributed by atoms with Gasteiger partial charge in [0, 0.05) is 25.1 Å². The van der Waals surface area contributed by atoms with Crippen LogP contribution in [-0.2, 0) is 16.1 Å². The molecule has 1 unspecified atom stereocenters. The van der Waals surface area contributed by atoms with Crippen molar-refractivity contribution in [1.29, 1.82) is 0 Å². The third-order valence-corrected chi connectivity index (χ3v) is 3.89. The summed E-state index contributed by atoms with van der Waals surface area (Å²) >= 11 is 0. The van der Waals surface area contributed by atoms with Gasteiger partial charge < -0.3 is 15.4 Å². The molecule has 2 aliphatic heterocycles. The van der Waals surface area contributed by atoms with Crippen molar-refractivity contribution >= 4 is 17.7 Å². The van der Waals surface area contributed by atoms with E-state index in [1.165, 1.54) is 4.90 Å². The molecule has 1 aromatic rings. The van der Waals surface area contributed by atoms with Gasteiger partial charge in [0.25, 0.3) is 5.91 Å². The van der Waals surface area contributed by atoms with Crippen LogP contribution in [0.1, 0.15) is 28.8 Å². The number of piperidine rings is 1. The molecule has 0 saturated carbocycles. The molecule has 0 aliphatic carbocycles. The maximum Gasteiger partial charge on any atom is 0.255 e. The average Bonchev–Trinajstić information content (AvgIpc) is 2.82. The highest BCUT2D eigenvalue weighted by Gasteiger charge is 2.39. The highest BCUT2D eigenvalue weighted by atomic mass is 16.5. The molecule has 7 nitrogen and oxygen atoms in total. The van der Waals surface area contributed by atoms with Crippen molar-refractivity contribution in [2.45, 2.75) is 25.4 Å². The fraction of sp³-hybridized carbons (Fsp3) is 0.400. The number of carbonyl (C=O) groups is 3. The second-order valence-electron chi connectivity index (χ2n) is 5.36. The third kappa shape index (κ3) is 2.55. The molecule has 0 aromatic heterocycles. The second-order valence-corrected chi connectivity index (χ2v) is 5.36. The Morgan fingerprint density at radius 3 is 2.86 bits per heavy atom. The van der Waals surface area contributed by atoms with Crippen molar-refractivity contribution in [3.05, 3.63) is 29.3 Å². The third-order valence-electron chi connectivity index (χ3n) is 3.89. The van der Waals surface area contributed by atoms with Crippen LogP contribution in [0.15, 0.2) is 18.2 Å². The molecule has 1 aromatic carbocycles. The van der Waals surface area contributed by atoms with Crippen LogP contribution in [-0.4, -0.2) is 41.8 Å². The summed E-state index contributed by atoms with van der Waals surface area (Å²) < 4.78 is 5.42. The Kier molecular flexibility index (Phi) is 3.81. The predicted molar refractivity (Wildman–Crippen MR) is 77.0 cm³/mol. The van der Waals surface area contributed by atoms with Gasteiger partial charge in [-0.3, -0.25) is 19.7 Å². The average molecular weight is 303 g/mol. The van der Waals surface area contributed by atoms with Gasteiger partial charge in [-0.2, -0.15) is 0 Å². The largest absolute Gasteiger partial charge is 0.492 e. The molecule has 0 spiro atoms. The highest BCUT2D eigenvalue weighted by Crippen LogP contribution is 2.30. The monoisotopic (exact) mass is 303 g/mol. The molecule has 1 saturated heterocycles. The van der Waals surface area contributed by atoms with Crippen molar-refractivity contribution in [2.24, 2.45) is 5.73 Å². The van der Waals surface area contributed by atoms with Crippen LogP contribution in [0.4, 0.5) is 0 Å². The number of nitrogens with two attached hydrogens (primary N) is 1. The van der Waals surface area contributed by atoms with E-state index in [4.69, 9.17) is 10.5 Å². The lowest BCUT2D eigenvalue weighted by Crippen LogP contribution is -2.52. The van der Waals surface area contributed by atoms with E-state index in [1.807, 2.05) is 6.07 Å². The Hall–Kier alpha value is -2.41. The SMILES string of the molecule is NCCOc1ccc2c(c1)C(=O)N(C1CCC(=O)NC1=O)C2. The molecule has 2 heterocycles. The number of imide groups is 1. The Bertz CT molecular complexity index is 644. The lowest BCUT2D eigenvalue weighted by atomic mass is 10.0. The number of hydrogen-bond donors (Lipinski definition) is 2. The van der Waals surface area contributed by atoms with Crippen LogP contribution < -0.4 is 15.8 Å². The standard InChI is InChI=1S/C15H17N3O4/c16-5-6-22-10-2-1-9-8-18(15(21)11(9)7-10)12-3-4-13(19)17-14(12)20/h1-2,7,12H,3-6,8,16H2,(H,17,19,20). The topological polar surface area (TPSA) is 102 Å². The van der Waals surface area contributed by atoms with Crippen LogP contribution in [0.3, 0.4) is 0 Å². The van der Waals surface area contributed by atoms with E-state index in [-0.39, 0.29) is 18.2 Å². The first-order valence-corrected chi connectivity index (χ1v) is 7.20. The van der Waals surface area contributed by atoms with Gasteiger partial charge in [-0.05, 0) is 24.1 Å². The van der Waals surface area contributed by atoms with Crippen molar-refractivity contribution in [3.8, 4) is 5.75 Å².